The largest absolute Gasteiger partial charge is 0.334 e. The zero-order chi connectivity index (χ0) is 13.5. The lowest BCUT2D eigenvalue weighted by molar-refractivity contribution is -0.152. The number of carbonyl (C=O) groups is 2. The summed E-state index contributed by atoms with van der Waals surface area (Å²) in [4.78, 5) is 27.7. The van der Waals surface area contributed by atoms with E-state index in [1.54, 1.807) is 9.80 Å². The summed E-state index contributed by atoms with van der Waals surface area (Å²) in [7, 11) is 0. The summed E-state index contributed by atoms with van der Waals surface area (Å²) in [6, 6.07) is 0. The number of rotatable bonds is 4. The van der Waals surface area contributed by atoms with Crippen LogP contribution in [0.1, 0.15) is 46.5 Å². The van der Waals surface area contributed by atoms with Gasteiger partial charge in [0.05, 0.1) is 0 Å². The van der Waals surface area contributed by atoms with Gasteiger partial charge >= 0.3 is 11.8 Å². The maximum Gasteiger partial charge on any atom is 0.312 e. The molecule has 0 aromatic rings. The molecule has 1 rings (SSSR count). The molecule has 4 heteroatoms. The lowest BCUT2D eigenvalue weighted by Gasteiger charge is -2.31. The average molecular weight is 254 g/mol. The highest BCUT2D eigenvalue weighted by atomic mass is 16.2. The van der Waals surface area contributed by atoms with E-state index < -0.39 is 0 Å². The van der Waals surface area contributed by atoms with Gasteiger partial charge in [0.1, 0.15) is 0 Å². The quantitative estimate of drug-likeness (QED) is 0.719. The Labute approximate surface area is 110 Å². The minimum Gasteiger partial charge on any atom is -0.334 e. The van der Waals surface area contributed by atoms with Crippen molar-refractivity contribution in [3.05, 3.63) is 0 Å². The van der Waals surface area contributed by atoms with Crippen LogP contribution in [0.5, 0.6) is 0 Å². The first-order chi connectivity index (χ1) is 8.60. The summed E-state index contributed by atoms with van der Waals surface area (Å²) in [5.41, 5.74) is 0. The van der Waals surface area contributed by atoms with Crippen LogP contribution in [0.2, 0.25) is 0 Å². The molecule has 1 saturated heterocycles. The minimum atomic E-state index is -0.312. The third-order valence-electron chi connectivity index (χ3n) is 3.53. The van der Waals surface area contributed by atoms with Gasteiger partial charge in [-0.25, -0.2) is 0 Å². The molecule has 0 saturated carbocycles. The molecule has 0 radical (unpaired) electrons. The first-order valence-electron chi connectivity index (χ1n) is 7.18. The number of hydrogen-bond donors (Lipinski definition) is 0. The van der Waals surface area contributed by atoms with Crippen LogP contribution in [0, 0.1) is 5.92 Å². The highest BCUT2D eigenvalue weighted by Gasteiger charge is 2.28. The standard InChI is InChI=1S/C14H26N2O2/c1-4-8-15(9-5-2)13(17)14(18)16-10-6-12(3)7-11-16/h12H,4-11H2,1-3H3. The van der Waals surface area contributed by atoms with Crippen LogP contribution in [0.15, 0.2) is 0 Å². The van der Waals surface area contributed by atoms with E-state index in [-0.39, 0.29) is 11.8 Å². The molecule has 1 fully saturated rings. The Morgan fingerprint density at radius 1 is 1.11 bits per heavy atom. The van der Waals surface area contributed by atoms with Crippen molar-refractivity contribution in [1.82, 2.24) is 9.80 Å². The van der Waals surface area contributed by atoms with Gasteiger partial charge in [-0.15, -0.1) is 0 Å². The van der Waals surface area contributed by atoms with Crippen molar-refractivity contribution < 1.29 is 9.59 Å². The molecule has 0 bridgehead atoms. The molecule has 0 aromatic carbocycles. The van der Waals surface area contributed by atoms with Gasteiger partial charge in [-0.05, 0) is 31.6 Å². The molecule has 1 heterocycles. The zero-order valence-electron chi connectivity index (χ0n) is 11.9. The average Bonchev–Trinajstić information content (AvgIpc) is 2.38. The van der Waals surface area contributed by atoms with E-state index in [0.29, 0.717) is 19.0 Å². The topological polar surface area (TPSA) is 40.6 Å². The van der Waals surface area contributed by atoms with Crippen LogP contribution in [0.3, 0.4) is 0 Å². The monoisotopic (exact) mass is 254 g/mol. The van der Waals surface area contributed by atoms with Gasteiger partial charge in [-0.3, -0.25) is 9.59 Å². The van der Waals surface area contributed by atoms with E-state index >= 15 is 0 Å². The summed E-state index contributed by atoms with van der Waals surface area (Å²) < 4.78 is 0. The fourth-order valence-electron chi connectivity index (χ4n) is 2.34. The number of nitrogens with zero attached hydrogens (tertiary/aromatic N) is 2. The van der Waals surface area contributed by atoms with Gasteiger partial charge < -0.3 is 9.80 Å². The molecule has 0 atom stereocenters. The van der Waals surface area contributed by atoms with Crippen LogP contribution >= 0.6 is 0 Å². The minimum absolute atomic E-state index is 0.302. The molecular weight excluding hydrogens is 228 g/mol. The summed E-state index contributed by atoms with van der Waals surface area (Å²) in [6.45, 7) is 9.09. The number of hydrogen-bond acceptors (Lipinski definition) is 2. The predicted molar refractivity (Wildman–Crippen MR) is 72.1 cm³/mol. The lowest BCUT2D eigenvalue weighted by Crippen LogP contribution is -2.48. The fraction of sp³-hybridized carbons (Fsp3) is 0.857. The van der Waals surface area contributed by atoms with E-state index in [9.17, 15) is 9.59 Å². The van der Waals surface area contributed by atoms with Crippen molar-refractivity contribution in [2.24, 2.45) is 5.92 Å². The second-order valence-electron chi connectivity index (χ2n) is 5.27. The summed E-state index contributed by atoms with van der Waals surface area (Å²) in [5, 5.41) is 0. The van der Waals surface area contributed by atoms with Crippen molar-refractivity contribution in [2.75, 3.05) is 26.2 Å². The van der Waals surface area contributed by atoms with Gasteiger partial charge in [0.25, 0.3) is 0 Å². The Kier molecular flexibility index (Phi) is 6.16. The van der Waals surface area contributed by atoms with Crippen LogP contribution < -0.4 is 0 Å². The molecule has 0 N–H and O–H groups in total. The maximum absolute atomic E-state index is 12.1. The zero-order valence-corrected chi connectivity index (χ0v) is 11.9. The number of piperidine rings is 1. The second kappa shape index (κ2) is 7.39. The van der Waals surface area contributed by atoms with Crippen molar-refractivity contribution >= 4 is 11.8 Å². The SMILES string of the molecule is CCCN(CCC)C(=O)C(=O)N1CCC(C)CC1. The highest BCUT2D eigenvalue weighted by molar-refractivity contribution is 6.34. The Morgan fingerprint density at radius 2 is 1.61 bits per heavy atom. The Bertz CT molecular complexity index is 278. The molecule has 0 unspecified atom stereocenters. The molecule has 1 aliphatic heterocycles. The van der Waals surface area contributed by atoms with E-state index in [0.717, 1.165) is 38.8 Å². The summed E-state index contributed by atoms with van der Waals surface area (Å²) in [5.74, 6) is 0.0589. The third-order valence-corrected chi connectivity index (χ3v) is 3.53. The predicted octanol–water partition coefficient (Wildman–Crippen LogP) is 1.89. The van der Waals surface area contributed by atoms with E-state index in [4.69, 9.17) is 0 Å². The van der Waals surface area contributed by atoms with Crippen LogP contribution in [-0.2, 0) is 9.59 Å². The number of amides is 2. The molecule has 18 heavy (non-hydrogen) atoms. The molecule has 0 spiro atoms. The summed E-state index contributed by atoms with van der Waals surface area (Å²) >= 11 is 0. The molecular formula is C14H26N2O2. The smallest absolute Gasteiger partial charge is 0.312 e. The van der Waals surface area contributed by atoms with E-state index in [1.165, 1.54) is 0 Å². The van der Waals surface area contributed by atoms with Crippen LogP contribution in [0.4, 0.5) is 0 Å². The van der Waals surface area contributed by atoms with Gasteiger partial charge in [0.2, 0.25) is 0 Å². The van der Waals surface area contributed by atoms with E-state index in [2.05, 4.69) is 6.92 Å². The van der Waals surface area contributed by atoms with Crippen LogP contribution in [-0.4, -0.2) is 47.8 Å². The summed E-state index contributed by atoms with van der Waals surface area (Å²) in [6.07, 6.45) is 3.83. The normalized spacial score (nSPS) is 16.7. The number of carbonyl (C=O) groups excluding carboxylic acids is 2. The van der Waals surface area contributed by atoms with Crippen LogP contribution in [0.25, 0.3) is 0 Å². The Morgan fingerprint density at radius 3 is 2.06 bits per heavy atom. The molecule has 104 valence electrons. The molecule has 1 aliphatic rings. The van der Waals surface area contributed by atoms with Crippen molar-refractivity contribution in [1.29, 1.82) is 0 Å². The van der Waals surface area contributed by atoms with Gasteiger partial charge in [-0.1, -0.05) is 20.8 Å². The Balaban J connectivity index is 2.55. The lowest BCUT2D eigenvalue weighted by atomic mass is 9.99. The van der Waals surface area contributed by atoms with Crippen molar-refractivity contribution in [3.63, 3.8) is 0 Å². The molecule has 0 aromatic heterocycles. The molecule has 2 amide bonds. The maximum atomic E-state index is 12.1. The number of likely N-dealkylation sites (tertiary alicyclic amines) is 1. The second-order valence-corrected chi connectivity index (χ2v) is 5.27. The van der Waals surface area contributed by atoms with Crippen molar-refractivity contribution in [2.45, 2.75) is 46.5 Å². The van der Waals surface area contributed by atoms with Gasteiger partial charge in [-0.2, -0.15) is 0 Å². The first-order valence-corrected chi connectivity index (χ1v) is 7.18. The van der Waals surface area contributed by atoms with Gasteiger partial charge in [0.15, 0.2) is 0 Å². The molecule has 4 nitrogen and oxygen atoms in total. The van der Waals surface area contributed by atoms with Gasteiger partial charge in [0, 0.05) is 26.2 Å². The first kappa shape index (κ1) is 15.0. The highest BCUT2D eigenvalue weighted by Crippen LogP contribution is 2.16. The Hall–Kier alpha value is -1.06. The third kappa shape index (κ3) is 4.00. The van der Waals surface area contributed by atoms with Crippen molar-refractivity contribution in [3.8, 4) is 0 Å². The molecule has 0 aliphatic carbocycles. The van der Waals surface area contributed by atoms with E-state index in [1.807, 2.05) is 13.8 Å². The fourth-order valence-corrected chi connectivity index (χ4v) is 2.34.